The van der Waals surface area contributed by atoms with Gasteiger partial charge >= 0.3 is 0 Å². The van der Waals surface area contributed by atoms with Crippen LogP contribution in [0.4, 0.5) is 4.39 Å². The Kier molecular flexibility index (Phi) is 3.29. The minimum Gasteiger partial charge on any atom is -0.296 e. The highest BCUT2D eigenvalue weighted by Gasteiger charge is 2.23. The van der Waals surface area contributed by atoms with Crippen LogP contribution < -0.4 is 0 Å². The minimum absolute atomic E-state index is 0.0942. The molecule has 1 atom stereocenters. The fourth-order valence-corrected chi connectivity index (χ4v) is 1.04. The topological polar surface area (TPSA) is 57.9 Å². The molecule has 0 saturated carbocycles. The van der Waals surface area contributed by atoms with E-state index in [1.807, 2.05) is 6.07 Å². The number of nitriles is 1. The predicted molar refractivity (Wildman–Crippen MR) is 51.1 cm³/mol. The zero-order chi connectivity index (χ0) is 11.4. The van der Waals surface area contributed by atoms with Gasteiger partial charge < -0.3 is 0 Å². The minimum atomic E-state index is -2.11. The molecule has 76 valence electrons. The maximum absolute atomic E-state index is 13.0. The van der Waals surface area contributed by atoms with Gasteiger partial charge in [0.2, 0.25) is 12.0 Å². The highest BCUT2D eigenvalue weighted by Crippen LogP contribution is 2.09. The van der Waals surface area contributed by atoms with E-state index in [2.05, 4.69) is 0 Å². The zero-order valence-corrected chi connectivity index (χ0v) is 8.03. The van der Waals surface area contributed by atoms with Crippen molar-refractivity contribution in [2.75, 3.05) is 0 Å². The number of nitrogens with zero attached hydrogens (tertiary/aromatic N) is 1. The molecule has 1 rings (SSSR count). The van der Waals surface area contributed by atoms with Gasteiger partial charge in [0.1, 0.15) is 0 Å². The highest BCUT2D eigenvalue weighted by atomic mass is 19.1. The van der Waals surface area contributed by atoms with Gasteiger partial charge in [-0.2, -0.15) is 5.26 Å². The van der Waals surface area contributed by atoms with Crippen LogP contribution in [0.5, 0.6) is 0 Å². The summed E-state index contributed by atoms with van der Waals surface area (Å²) in [4.78, 5) is 21.9. The van der Waals surface area contributed by atoms with Gasteiger partial charge in [0, 0.05) is 5.56 Å². The molecule has 1 unspecified atom stereocenters. The summed E-state index contributed by atoms with van der Waals surface area (Å²) >= 11 is 0. The number of benzene rings is 1. The Morgan fingerprint density at radius 3 is 2.27 bits per heavy atom. The Bertz CT molecular complexity index is 431. The Morgan fingerprint density at radius 2 is 1.87 bits per heavy atom. The van der Waals surface area contributed by atoms with E-state index >= 15 is 0 Å². The number of hydrogen-bond donors (Lipinski definition) is 0. The molecular formula is C11H8FNO2. The van der Waals surface area contributed by atoms with Crippen molar-refractivity contribution in [1.29, 1.82) is 5.26 Å². The van der Waals surface area contributed by atoms with Crippen LogP contribution in [0, 0.1) is 11.3 Å². The third-order valence-electron chi connectivity index (χ3n) is 1.89. The Morgan fingerprint density at radius 1 is 1.33 bits per heavy atom. The molecule has 1 aromatic rings. The maximum Gasteiger partial charge on any atom is 0.220 e. The number of halogens is 1. The van der Waals surface area contributed by atoms with Crippen LogP contribution in [0.2, 0.25) is 0 Å². The summed E-state index contributed by atoms with van der Waals surface area (Å²) in [7, 11) is 0. The molecule has 0 aliphatic rings. The molecule has 0 aromatic heterocycles. The van der Waals surface area contributed by atoms with Crippen LogP contribution in [0.25, 0.3) is 0 Å². The van der Waals surface area contributed by atoms with E-state index in [1.165, 1.54) is 24.3 Å². The fraction of sp³-hybridized carbons (Fsp3) is 0.182. The van der Waals surface area contributed by atoms with Crippen molar-refractivity contribution in [2.45, 2.75) is 13.1 Å². The van der Waals surface area contributed by atoms with Crippen LogP contribution in [0.1, 0.15) is 22.8 Å². The molecule has 0 spiro atoms. The van der Waals surface area contributed by atoms with Crippen molar-refractivity contribution in [1.82, 2.24) is 0 Å². The van der Waals surface area contributed by atoms with Crippen molar-refractivity contribution >= 4 is 11.6 Å². The second-order valence-corrected chi connectivity index (χ2v) is 3.03. The van der Waals surface area contributed by atoms with Crippen LogP contribution in [-0.4, -0.2) is 17.7 Å². The normalized spacial score (nSPS) is 11.5. The monoisotopic (exact) mass is 205 g/mol. The summed E-state index contributed by atoms with van der Waals surface area (Å²) in [6, 6.07) is 7.34. The summed E-state index contributed by atoms with van der Waals surface area (Å²) in [6.45, 7) is 1.02. The molecule has 0 bridgehead atoms. The quantitative estimate of drug-likeness (QED) is 0.557. The van der Waals surface area contributed by atoms with E-state index in [9.17, 15) is 14.0 Å². The van der Waals surface area contributed by atoms with E-state index in [0.29, 0.717) is 5.56 Å². The van der Waals surface area contributed by atoms with E-state index in [4.69, 9.17) is 5.26 Å². The first-order valence-electron chi connectivity index (χ1n) is 4.25. The Labute approximate surface area is 86.1 Å². The third-order valence-corrected chi connectivity index (χ3v) is 1.89. The van der Waals surface area contributed by atoms with Crippen LogP contribution >= 0.6 is 0 Å². The molecule has 0 amide bonds. The summed E-state index contributed by atoms with van der Waals surface area (Å²) < 4.78 is 13.0. The second-order valence-electron chi connectivity index (χ2n) is 3.03. The number of ketones is 2. The number of alkyl halides is 1. The average Bonchev–Trinajstić information content (AvgIpc) is 2.27. The molecule has 0 aliphatic heterocycles. The van der Waals surface area contributed by atoms with Gasteiger partial charge in [0.05, 0.1) is 11.6 Å². The van der Waals surface area contributed by atoms with Crippen molar-refractivity contribution < 1.29 is 14.0 Å². The van der Waals surface area contributed by atoms with Crippen molar-refractivity contribution in [3.05, 3.63) is 35.4 Å². The summed E-state index contributed by atoms with van der Waals surface area (Å²) in [5.74, 6) is -1.68. The average molecular weight is 205 g/mol. The molecule has 15 heavy (non-hydrogen) atoms. The second kappa shape index (κ2) is 4.47. The standard InChI is InChI=1S/C11H8FNO2/c1-7(14)10(12)11(15)9-4-2-8(6-13)3-5-9/h2-5,10H,1H3. The number of carbonyl (C=O) groups is 2. The zero-order valence-electron chi connectivity index (χ0n) is 8.03. The molecule has 4 heteroatoms. The number of carbonyl (C=O) groups excluding carboxylic acids is 2. The lowest BCUT2D eigenvalue weighted by molar-refractivity contribution is -0.120. The Hall–Kier alpha value is -2.02. The third kappa shape index (κ3) is 2.47. The van der Waals surface area contributed by atoms with Crippen molar-refractivity contribution in [3.8, 4) is 6.07 Å². The number of Topliss-reactive ketones (excluding diaryl/α,β-unsaturated/α-hetero) is 2. The van der Waals surface area contributed by atoms with Gasteiger partial charge in [-0.1, -0.05) is 0 Å². The van der Waals surface area contributed by atoms with E-state index < -0.39 is 17.7 Å². The summed E-state index contributed by atoms with van der Waals surface area (Å²) in [5, 5.41) is 8.50. The lowest BCUT2D eigenvalue weighted by Gasteiger charge is -2.02. The van der Waals surface area contributed by atoms with Crippen molar-refractivity contribution in [2.24, 2.45) is 0 Å². The highest BCUT2D eigenvalue weighted by molar-refractivity contribution is 6.12. The molecule has 0 saturated heterocycles. The maximum atomic E-state index is 13.0. The van der Waals surface area contributed by atoms with Gasteiger partial charge in [0.25, 0.3) is 0 Å². The van der Waals surface area contributed by atoms with Gasteiger partial charge in [-0.3, -0.25) is 9.59 Å². The van der Waals surface area contributed by atoms with Crippen molar-refractivity contribution in [3.63, 3.8) is 0 Å². The lowest BCUT2D eigenvalue weighted by Crippen LogP contribution is -2.23. The van der Waals surface area contributed by atoms with Gasteiger partial charge in [-0.25, -0.2) is 4.39 Å². The van der Waals surface area contributed by atoms with Crippen LogP contribution in [0.3, 0.4) is 0 Å². The smallest absolute Gasteiger partial charge is 0.220 e. The molecule has 1 aromatic carbocycles. The SMILES string of the molecule is CC(=O)C(F)C(=O)c1ccc(C#N)cc1. The Balaban J connectivity index is 2.93. The largest absolute Gasteiger partial charge is 0.296 e. The molecular weight excluding hydrogens is 197 g/mol. The number of rotatable bonds is 3. The van der Waals surface area contributed by atoms with Crippen LogP contribution in [-0.2, 0) is 4.79 Å². The van der Waals surface area contributed by atoms with Gasteiger partial charge in [-0.05, 0) is 31.2 Å². The van der Waals surface area contributed by atoms with Gasteiger partial charge in [-0.15, -0.1) is 0 Å². The lowest BCUT2D eigenvalue weighted by atomic mass is 10.0. The molecule has 0 radical (unpaired) electrons. The first kappa shape index (κ1) is 11.1. The fourth-order valence-electron chi connectivity index (χ4n) is 1.04. The first-order valence-corrected chi connectivity index (χ1v) is 4.25. The van der Waals surface area contributed by atoms with Crippen LogP contribution in [0.15, 0.2) is 24.3 Å². The van der Waals surface area contributed by atoms with E-state index in [0.717, 1.165) is 6.92 Å². The van der Waals surface area contributed by atoms with E-state index in [-0.39, 0.29) is 5.56 Å². The molecule has 0 heterocycles. The predicted octanol–water partition coefficient (Wildman–Crippen LogP) is 1.67. The first-order chi connectivity index (χ1) is 7.06. The molecule has 0 aliphatic carbocycles. The summed E-state index contributed by atoms with van der Waals surface area (Å²) in [6.07, 6.45) is -2.11. The number of hydrogen-bond acceptors (Lipinski definition) is 3. The molecule has 3 nitrogen and oxygen atoms in total. The van der Waals surface area contributed by atoms with E-state index in [1.54, 1.807) is 0 Å². The molecule has 0 N–H and O–H groups in total. The summed E-state index contributed by atoms with van der Waals surface area (Å²) in [5.41, 5.74) is 0.474. The molecule has 0 fully saturated rings. The van der Waals surface area contributed by atoms with Gasteiger partial charge in [0.15, 0.2) is 5.78 Å².